The molecule has 4 aromatic rings. The molecular weight excluding hydrogens is 328 g/mol. The quantitative estimate of drug-likeness (QED) is 0.608. The molecule has 8 heteroatoms. The summed E-state index contributed by atoms with van der Waals surface area (Å²) < 4.78 is 1.07. The van der Waals surface area contributed by atoms with Crippen LogP contribution in [0.3, 0.4) is 0 Å². The fourth-order valence-electron chi connectivity index (χ4n) is 2.30. The van der Waals surface area contributed by atoms with Crippen molar-refractivity contribution < 1.29 is 0 Å². The molecule has 0 amide bonds. The number of nitrogens with zero attached hydrogens (tertiary/aromatic N) is 5. The van der Waals surface area contributed by atoms with Crippen LogP contribution in [-0.2, 0) is 0 Å². The van der Waals surface area contributed by atoms with Crippen molar-refractivity contribution in [2.24, 2.45) is 0 Å². The van der Waals surface area contributed by atoms with Crippen LogP contribution < -0.4 is 5.32 Å². The molecule has 0 atom stereocenters. The summed E-state index contributed by atoms with van der Waals surface area (Å²) in [5.74, 6) is 1.51. The summed E-state index contributed by atoms with van der Waals surface area (Å²) in [7, 11) is 0. The van der Waals surface area contributed by atoms with Crippen LogP contribution in [0.1, 0.15) is 10.0 Å². The predicted molar refractivity (Wildman–Crippen MR) is 93.3 cm³/mol. The van der Waals surface area contributed by atoms with Gasteiger partial charge in [-0.1, -0.05) is 0 Å². The van der Waals surface area contributed by atoms with E-state index in [1.54, 1.807) is 35.1 Å². The van der Waals surface area contributed by atoms with Gasteiger partial charge in [0.1, 0.15) is 17.7 Å². The Labute approximate surface area is 140 Å². The third kappa shape index (κ3) is 2.66. The number of aromatic nitrogens is 5. The summed E-state index contributed by atoms with van der Waals surface area (Å²) in [6.07, 6.45) is 6.93. The minimum Gasteiger partial charge on any atom is -0.322 e. The van der Waals surface area contributed by atoms with Gasteiger partial charge in [-0.05, 0) is 13.8 Å². The molecule has 0 bridgehead atoms. The van der Waals surface area contributed by atoms with E-state index in [1.165, 1.54) is 6.33 Å². The number of pyridine rings is 1. The lowest BCUT2D eigenvalue weighted by Crippen LogP contribution is -1.96. The molecule has 4 aromatic heterocycles. The monoisotopic (exact) mass is 340 g/mol. The summed E-state index contributed by atoms with van der Waals surface area (Å²) in [4.78, 5) is 21.8. The summed E-state index contributed by atoms with van der Waals surface area (Å²) in [6.45, 7) is 3.97. The SMILES string of the molecule is Cc1nc(Nc2ncc(-c3cncnc3)c3sc(C)nc23)cs1. The number of nitrogens with one attached hydrogen (secondary N) is 1. The zero-order valence-corrected chi connectivity index (χ0v) is 14.1. The average molecular weight is 340 g/mol. The Bertz CT molecular complexity index is 976. The molecule has 0 spiro atoms. The number of hydrogen-bond donors (Lipinski definition) is 1. The maximum Gasteiger partial charge on any atom is 0.159 e. The summed E-state index contributed by atoms with van der Waals surface area (Å²) in [6, 6.07) is 0. The van der Waals surface area contributed by atoms with Gasteiger partial charge >= 0.3 is 0 Å². The second-order valence-corrected chi connectivity index (χ2v) is 7.20. The van der Waals surface area contributed by atoms with Gasteiger partial charge in [-0.3, -0.25) is 0 Å². The Kier molecular flexibility index (Phi) is 3.47. The van der Waals surface area contributed by atoms with Crippen LogP contribution in [0.15, 0.2) is 30.3 Å². The number of rotatable bonds is 3. The molecule has 0 aliphatic carbocycles. The van der Waals surface area contributed by atoms with Crippen molar-refractivity contribution in [1.29, 1.82) is 0 Å². The molecule has 23 heavy (non-hydrogen) atoms. The largest absolute Gasteiger partial charge is 0.322 e. The maximum absolute atomic E-state index is 4.63. The predicted octanol–water partition coefficient (Wildman–Crippen LogP) is 3.97. The summed E-state index contributed by atoms with van der Waals surface area (Å²) in [5, 5.41) is 7.23. The van der Waals surface area contributed by atoms with E-state index in [1.807, 2.05) is 25.4 Å². The molecule has 0 radical (unpaired) electrons. The van der Waals surface area contributed by atoms with E-state index in [9.17, 15) is 0 Å². The van der Waals surface area contributed by atoms with Crippen molar-refractivity contribution in [2.75, 3.05) is 5.32 Å². The van der Waals surface area contributed by atoms with Gasteiger partial charge < -0.3 is 5.32 Å². The standard InChI is InChI=1S/C15H12N6S2/c1-8-19-12(6-22-8)21-15-13-14(23-9(2)20-13)11(5-18-15)10-3-16-7-17-4-10/h3-7H,1-2H3,(H,18,21). The van der Waals surface area contributed by atoms with Crippen LogP contribution >= 0.6 is 22.7 Å². The number of thiazole rings is 2. The van der Waals surface area contributed by atoms with E-state index in [4.69, 9.17) is 0 Å². The normalized spacial score (nSPS) is 11.0. The van der Waals surface area contributed by atoms with Crippen LogP contribution in [0, 0.1) is 13.8 Å². The third-order valence-electron chi connectivity index (χ3n) is 3.26. The van der Waals surface area contributed by atoms with E-state index in [-0.39, 0.29) is 0 Å². The molecule has 0 aliphatic heterocycles. The molecule has 1 N–H and O–H groups in total. The van der Waals surface area contributed by atoms with E-state index >= 15 is 0 Å². The molecule has 0 aromatic carbocycles. The Morgan fingerprint density at radius 2 is 1.83 bits per heavy atom. The van der Waals surface area contributed by atoms with Gasteiger partial charge in [-0.15, -0.1) is 22.7 Å². The van der Waals surface area contributed by atoms with E-state index in [2.05, 4.69) is 30.2 Å². The zero-order valence-electron chi connectivity index (χ0n) is 12.4. The van der Waals surface area contributed by atoms with Crippen molar-refractivity contribution in [2.45, 2.75) is 13.8 Å². The lowest BCUT2D eigenvalue weighted by Gasteiger charge is -2.06. The van der Waals surface area contributed by atoms with Crippen LogP contribution in [0.25, 0.3) is 21.3 Å². The maximum atomic E-state index is 4.63. The molecule has 0 saturated carbocycles. The zero-order chi connectivity index (χ0) is 15.8. The molecule has 0 fully saturated rings. The first-order chi connectivity index (χ1) is 11.2. The molecule has 114 valence electrons. The van der Waals surface area contributed by atoms with E-state index < -0.39 is 0 Å². The summed E-state index contributed by atoms with van der Waals surface area (Å²) in [5.41, 5.74) is 2.77. The smallest absolute Gasteiger partial charge is 0.159 e. The second kappa shape index (κ2) is 5.64. The van der Waals surface area contributed by atoms with Gasteiger partial charge in [-0.25, -0.2) is 24.9 Å². The lowest BCUT2D eigenvalue weighted by molar-refractivity contribution is 1.17. The van der Waals surface area contributed by atoms with Crippen molar-refractivity contribution in [3.63, 3.8) is 0 Å². The first-order valence-corrected chi connectivity index (χ1v) is 8.61. The lowest BCUT2D eigenvalue weighted by atomic mass is 10.1. The molecular formula is C15H12N6S2. The van der Waals surface area contributed by atoms with Crippen LogP contribution in [-0.4, -0.2) is 24.9 Å². The number of hydrogen-bond acceptors (Lipinski definition) is 8. The highest BCUT2D eigenvalue weighted by molar-refractivity contribution is 7.19. The fraction of sp³-hybridized carbons (Fsp3) is 0.133. The third-order valence-corrected chi connectivity index (χ3v) is 5.04. The van der Waals surface area contributed by atoms with Crippen LogP contribution in [0.4, 0.5) is 11.6 Å². The Morgan fingerprint density at radius 1 is 1.00 bits per heavy atom. The van der Waals surface area contributed by atoms with Crippen molar-refractivity contribution in [3.05, 3.63) is 40.3 Å². The average Bonchev–Trinajstić information content (AvgIpc) is 3.14. The summed E-state index contributed by atoms with van der Waals surface area (Å²) >= 11 is 3.24. The second-order valence-electron chi connectivity index (χ2n) is 4.94. The number of anilines is 2. The minimum absolute atomic E-state index is 0.718. The highest BCUT2D eigenvalue weighted by Crippen LogP contribution is 2.35. The fourth-order valence-corrected chi connectivity index (χ4v) is 3.79. The first kappa shape index (κ1) is 14.2. The van der Waals surface area contributed by atoms with E-state index in [0.717, 1.165) is 43.0 Å². The van der Waals surface area contributed by atoms with Gasteiger partial charge in [0.2, 0.25) is 0 Å². The Morgan fingerprint density at radius 3 is 2.57 bits per heavy atom. The Balaban J connectivity index is 1.85. The van der Waals surface area contributed by atoms with Crippen molar-refractivity contribution >= 4 is 44.5 Å². The topological polar surface area (TPSA) is 76.5 Å². The molecule has 0 saturated heterocycles. The van der Waals surface area contributed by atoms with Crippen molar-refractivity contribution in [3.8, 4) is 11.1 Å². The Hall–Kier alpha value is -2.45. The minimum atomic E-state index is 0.718. The molecule has 0 unspecified atom stereocenters. The van der Waals surface area contributed by atoms with Crippen LogP contribution in [0.5, 0.6) is 0 Å². The number of fused-ring (bicyclic) bond motifs is 1. The van der Waals surface area contributed by atoms with Gasteiger partial charge in [-0.2, -0.15) is 0 Å². The number of aryl methyl sites for hydroxylation is 2. The molecule has 6 nitrogen and oxygen atoms in total. The van der Waals surface area contributed by atoms with Crippen molar-refractivity contribution in [1.82, 2.24) is 24.9 Å². The molecule has 0 aliphatic rings. The van der Waals surface area contributed by atoms with Crippen LogP contribution in [0.2, 0.25) is 0 Å². The van der Waals surface area contributed by atoms with Gasteiger partial charge in [0.05, 0.1) is 14.7 Å². The molecule has 4 heterocycles. The van der Waals surface area contributed by atoms with E-state index in [0.29, 0.717) is 0 Å². The van der Waals surface area contributed by atoms with Gasteiger partial charge in [0.15, 0.2) is 5.82 Å². The molecule has 4 rings (SSSR count). The first-order valence-electron chi connectivity index (χ1n) is 6.91. The highest BCUT2D eigenvalue weighted by atomic mass is 32.1. The van der Waals surface area contributed by atoms with Gasteiger partial charge in [0, 0.05) is 35.1 Å². The van der Waals surface area contributed by atoms with Gasteiger partial charge in [0.25, 0.3) is 0 Å². The highest BCUT2D eigenvalue weighted by Gasteiger charge is 2.14.